The average Bonchev–Trinajstić information content (AvgIpc) is 2.95. The van der Waals surface area contributed by atoms with E-state index in [2.05, 4.69) is 21.1 Å². The first-order chi connectivity index (χ1) is 12.4. The number of nitrogens with two attached hydrogens (primary N) is 1. The molecule has 2 rings (SSSR count). The fourth-order valence-electron chi connectivity index (χ4n) is 2.17. The minimum absolute atomic E-state index is 0.260. The number of primary amides is 1. The Balaban J connectivity index is 2.02. The third kappa shape index (κ3) is 6.01. The van der Waals surface area contributed by atoms with Crippen molar-refractivity contribution in [1.82, 2.24) is 14.6 Å². The first-order valence-corrected chi connectivity index (χ1v) is 9.80. The van der Waals surface area contributed by atoms with Crippen molar-refractivity contribution in [2.24, 2.45) is 5.73 Å². The average molecular weight is 394 g/mol. The lowest BCUT2D eigenvalue weighted by Gasteiger charge is -2.11. The summed E-state index contributed by atoms with van der Waals surface area (Å²) < 4.78 is 4.29. The molecule has 0 aliphatic rings. The maximum absolute atomic E-state index is 12.0. The maximum atomic E-state index is 12.0. The minimum atomic E-state index is -0.603. The van der Waals surface area contributed by atoms with Gasteiger partial charge in [-0.05, 0) is 38.1 Å². The summed E-state index contributed by atoms with van der Waals surface area (Å²) in [5, 5.41) is 6.30. The van der Waals surface area contributed by atoms with E-state index in [0.29, 0.717) is 22.3 Å². The van der Waals surface area contributed by atoms with Gasteiger partial charge in [0.25, 0.3) is 5.91 Å². The van der Waals surface area contributed by atoms with Gasteiger partial charge in [-0.3, -0.25) is 10.1 Å². The van der Waals surface area contributed by atoms with Crippen LogP contribution >= 0.6 is 23.3 Å². The van der Waals surface area contributed by atoms with E-state index >= 15 is 0 Å². The van der Waals surface area contributed by atoms with Crippen LogP contribution in [-0.4, -0.2) is 48.4 Å². The number of anilines is 1. The highest BCUT2D eigenvalue weighted by atomic mass is 32.2. The number of hydrogen-bond donors (Lipinski definition) is 3. The van der Waals surface area contributed by atoms with Crippen LogP contribution in [0.2, 0.25) is 0 Å². The van der Waals surface area contributed by atoms with Crippen molar-refractivity contribution >= 4 is 40.2 Å². The molecule has 1 aromatic heterocycles. The smallest absolute Gasteiger partial charge is 0.319 e. The number of amides is 3. The van der Waals surface area contributed by atoms with Crippen molar-refractivity contribution in [3.63, 3.8) is 0 Å². The van der Waals surface area contributed by atoms with E-state index < -0.39 is 5.91 Å². The van der Waals surface area contributed by atoms with Crippen molar-refractivity contribution in [3.8, 4) is 0 Å². The number of aryl methyl sites for hydroxylation is 1. The molecule has 2 aromatic rings. The Bertz CT molecular complexity index is 776. The van der Waals surface area contributed by atoms with Crippen molar-refractivity contribution in [1.29, 1.82) is 0 Å². The number of hydrogen-bond acceptors (Lipinski definition) is 6. The minimum Gasteiger partial charge on any atom is -0.365 e. The molecule has 0 atom stereocenters. The van der Waals surface area contributed by atoms with Crippen molar-refractivity contribution in [2.45, 2.75) is 17.7 Å². The topological polar surface area (TPSA) is 100 Å². The van der Waals surface area contributed by atoms with Gasteiger partial charge < -0.3 is 16.0 Å². The lowest BCUT2D eigenvalue weighted by Crippen LogP contribution is -2.34. The summed E-state index contributed by atoms with van der Waals surface area (Å²) in [5.74, 6) is 0.0641. The molecule has 26 heavy (non-hydrogen) atoms. The Morgan fingerprint density at radius 3 is 2.77 bits per heavy atom. The van der Waals surface area contributed by atoms with Gasteiger partial charge in [-0.1, -0.05) is 41.6 Å². The quantitative estimate of drug-likeness (QED) is 0.599. The third-order valence-corrected chi connectivity index (χ3v) is 5.36. The van der Waals surface area contributed by atoms with Crippen LogP contribution < -0.4 is 16.4 Å². The predicted molar refractivity (Wildman–Crippen MR) is 107 cm³/mol. The lowest BCUT2D eigenvalue weighted by molar-refractivity contribution is 0.0998. The van der Waals surface area contributed by atoms with Gasteiger partial charge in [-0.15, -0.1) is 0 Å². The molecule has 0 radical (unpaired) electrons. The number of urea groups is 1. The molecule has 140 valence electrons. The number of likely N-dealkylation sites (N-methyl/N-ethyl adjacent to an activating group) is 1. The van der Waals surface area contributed by atoms with Crippen molar-refractivity contribution in [3.05, 3.63) is 41.0 Å². The molecular formula is C17H23N5O2S2. The Kier molecular flexibility index (Phi) is 7.43. The molecule has 1 heterocycles. The van der Waals surface area contributed by atoms with E-state index in [4.69, 9.17) is 5.73 Å². The van der Waals surface area contributed by atoms with Gasteiger partial charge in [-0.2, -0.15) is 4.37 Å². The van der Waals surface area contributed by atoms with E-state index in [1.807, 2.05) is 44.1 Å². The van der Waals surface area contributed by atoms with Gasteiger partial charge in [0.1, 0.15) is 15.6 Å². The number of nitrogens with zero attached hydrogens (tertiary/aromatic N) is 2. The molecule has 0 aliphatic heterocycles. The predicted octanol–water partition coefficient (Wildman–Crippen LogP) is 2.53. The first kappa shape index (κ1) is 20.2. The highest BCUT2D eigenvalue weighted by Crippen LogP contribution is 2.33. The molecule has 0 saturated carbocycles. The summed E-state index contributed by atoms with van der Waals surface area (Å²) in [6, 6.07) is 7.75. The van der Waals surface area contributed by atoms with E-state index in [1.165, 1.54) is 17.3 Å². The van der Waals surface area contributed by atoms with E-state index in [1.54, 1.807) is 0 Å². The highest BCUT2D eigenvalue weighted by molar-refractivity contribution is 7.98. The number of thioether (sulfide) groups is 1. The van der Waals surface area contributed by atoms with Crippen LogP contribution in [-0.2, 0) is 5.75 Å². The Morgan fingerprint density at radius 2 is 2.12 bits per heavy atom. The lowest BCUT2D eigenvalue weighted by atomic mass is 10.2. The van der Waals surface area contributed by atoms with Gasteiger partial charge >= 0.3 is 6.03 Å². The molecule has 9 heteroatoms. The molecule has 0 aliphatic carbocycles. The van der Waals surface area contributed by atoms with Gasteiger partial charge in [-0.25, -0.2) is 4.79 Å². The molecule has 0 spiro atoms. The Hall–Kier alpha value is -2.10. The maximum Gasteiger partial charge on any atom is 0.319 e. The van der Waals surface area contributed by atoms with Crippen LogP contribution in [0.5, 0.6) is 0 Å². The fraction of sp³-hybridized carbons (Fsp3) is 0.353. The van der Waals surface area contributed by atoms with Crippen LogP contribution in [0.1, 0.15) is 21.5 Å². The number of benzene rings is 1. The molecule has 4 N–H and O–H groups in total. The highest BCUT2D eigenvalue weighted by Gasteiger charge is 2.20. The SMILES string of the molecule is Cc1cccc(CSc2nsc(NC(=O)NCCN(C)C)c2C(N)=O)c1. The summed E-state index contributed by atoms with van der Waals surface area (Å²) in [7, 11) is 3.84. The zero-order valence-corrected chi connectivity index (χ0v) is 16.7. The molecule has 0 bridgehead atoms. The molecule has 0 fully saturated rings. The second kappa shape index (κ2) is 9.56. The number of aromatic nitrogens is 1. The van der Waals surface area contributed by atoms with Gasteiger partial charge in [0.2, 0.25) is 0 Å². The number of rotatable bonds is 8. The van der Waals surface area contributed by atoms with E-state index in [9.17, 15) is 9.59 Å². The van der Waals surface area contributed by atoms with Gasteiger partial charge in [0.15, 0.2) is 0 Å². The molecule has 3 amide bonds. The first-order valence-electron chi connectivity index (χ1n) is 8.04. The second-order valence-electron chi connectivity index (χ2n) is 6.02. The summed E-state index contributed by atoms with van der Waals surface area (Å²) in [4.78, 5) is 25.8. The summed E-state index contributed by atoms with van der Waals surface area (Å²) in [6.07, 6.45) is 0. The van der Waals surface area contributed by atoms with Gasteiger partial charge in [0.05, 0.1) is 0 Å². The van der Waals surface area contributed by atoms with Crippen LogP contribution in [0.3, 0.4) is 0 Å². The fourth-order valence-corrected chi connectivity index (χ4v) is 4.08. The Morgan fingerprint density at radius 1 is 1.35 bits per heavy atom. The summed E-state index contributed by atoms with van der Waals surface area (Å²) >= 11 is 2.48. The van der Waals surface area contributed by atoms with E-state index in [0.717, 1.165) is 23.6 Å². The van der Waals surface area contributed by atoms with Crippen LogP contribution in [0.4, 0.5) is 9.80 Å². The van der Waals surface area contributed by atoms with Crippen molar-refractivity contribution in [2.75, 3.05) is 32.5 Å². The summed E-state index contributed by atoms with van der Waals surface area (Å²) in [6.45, 7) is 3.25. The van der Waals surface area contributed by atoms with Crippen LogP contribution in [0.25, 0.3) is 0 Å². The summed E-state index contributed by atoms with van der Waals surface area (Å²) in [5.41, 5.74) is 8.07. The second-order valence-corrected chi connectivity index (χ2v) is 7.76. The zero-order valence-electron chi connectivity index (χ0n) is 15.0. The van der Waals surface area contributed by atoms with Crippen LogP contribution in [0, 0.1) is 6.92 Å². The number of carbonyl (C=O) groups is 2. The largest absolute Gasteiger partial charge is 0.365 e. The van der Waals surface area contributed by atoms with Crippen molar-refractivity contribution < 1.29 is 9.59 Å². The molecular weight excluding hydrogens is 370 g/mol. The molecule has 0 saturated heterocycles. The molecule has 0 unspecified atom stereocenters. The standard InChI is InChI=1S/C17H23N5O2S2/c1-11-5-4-6-12(9-11)10-25-16-13(14(18)23)15(26-21-16)20-17(24)19-7-8-22(2)3/h4-6,9H,7-8,10H2,1-3H3,(H2,18,23)(H2,19,20,24). The van der Waals surface area contributed by atoms with Crippen LogP contribution in [0.15, 0.2) is 29.3 Å². The third-order valence-electron chi connectivity index (χ3n) is 3.44. The number of nitrogens with one attached hydrogen (secondary N) is 2. The molecule has 1 aromatic carbocycles. The molecule has 7 nitrogen and oxygen atoms in total. The normalized spacial score (nSPS) is 10.8. The monoisotopic (exact) mass is 393 g/mol. The van der Waals surface area contributed by atoms with Gasteiger partial charge in [0, 0.05) is 18.8 Å². The Labute approximate surface area is 161 Å². The zero-order chi connectivity index (χ0) is 19.1. The van der Waals surface area contributed by atoms with E-state index in [-0.39, 0.29) is 11.6 Å². The number of carbonyl (C=O) groups excluding carboxylic acids is 2.